The van der Waals surface area contributed by atoms with Crippen molar-refractivity contribution in [3.8, 4) is 0 Å². The number of amides is 2. The van der Waals surface area contributed by atoms with Crippen LogP contribution < -0.4 is 5.32 Å². The third kappa shape index (κ3) is 4.33. The molecule has 0 bridgehead atoms. The molecular formula is C19H25ClN2O3. The number of nitrogens with one attached hydrogen (secondary N) is 1. The summed E-state index contributed by atoms with van der Waals surface area (Å²) in [6.45, 7) is 0.555. The van der Waals surface area contributed by atoms with Crippen molar-refractivity contribution in [2.45, 2.75) is 63.1 Å². The zero-order chi connectivity index (χ0) is 17.8. The first-order valence-electron chi connectivity index (χ1n) is 9.11. The van der Waals surface area contributed by atoms with Crippen LogP contribution in [0.15, 0.2) is 24.3 Å². The molecule has 1 aromatic carbocycles. The van der Waals surface area contributed by atoms with Crippen LogP contribution in [0.1, 0.15) is 55.3 Å². The van der Waals surface area contributed by atoms with Gasteiger partial charge in [-0.3, -0.25) is 9.59 Å². The van der Waals surface area contributed by atoms with Crippen LogP contribution in [0.2, 0.25) is 5.02 Å². The summed E-state index contributed by atoms with van der Waals surface area (Å²) >= 11 is 5.87. The van der Waals surface area contributed by atoms with Gasteiger partial charge in [-0.1, -0.05) is 30.9 Å². The molecule has 3 rings (SSSR count). The normalized spacial score (nSPS) is 22.6. The Morgan fingerprint density at radius 2 is 1.76 bits per heavy atom. The van der Waals surface area contributed by atoms with Gasteiger partial charge < -0.3 is 15.3 Å². The number of hydrogen-bond donors (Lipinski definition) is 2. The van der Waals surface area contributed by atoms with E-state index in [0.29, 0.717) is 23.6 Å². The van der Waals surface area contributed by atoms with Gasteiger partial charge in [0.2, 0.25) is 0 Å². The summed E-state index contributed by atoms with van der Waals surface area (Å²) in [6.07, 6.45) is 5.63. The summed E-state index contributed by atoms with van der Waals surface area (Å²) in [7, 11) is 0. The molecule has 0 radical (unpaired) electrons. The Balaban J connectivity index is 1.64. The van der Waals surface area contributed by atoms with Gasteiger partial charge in [-0.15, -0.1) is 0 Å². The summed E-state index contributed by atoms with van der Waals surface area (Å²) in [5.74, 6) is -0.517. The van der Waals surface area contributed by atoms with E-state index in [4.69, 9.17) is 11.6 Å². The van der Waals surface area contributed by atoms with Crippen molar-refractivity contribution >= 4 is 23.4 Å². The lowest BCUT2D eigenvalue weighted by Gasteiger charge is -2.30. The molecule has 1 unspecified atom stereocenters. The number of likely N-dealkylation sites (tertiary alicyclic amines) is 1. The second kappa shape index (κ2) is 8.19. The van der Waals surface area contributed by atoms with E-state index in [1.165, 1.54) is 6.42 Å². The second-order valence-electron chi connectivity index (χ2n) is 7.00. The highest BCUT2D eigenvalue weighted by molar-refractivity contribution is 6.30. The number of halogens is 1. The summed E-state index contributed by atoms with van der Waals surface area (Å²) in [4.78, 5) is 26.8. The molecule has 1 aromatic rings. The van der Waals surface area contributed by atoms with Gasteiger partial charge in [0.1, 0.15) is 0 Å². The van der Waals surface area contributed by atoms with E-state index in [0.717, 1.165) is 32.1 Å². The molecule has 5 nitrogen and oxygen atoms in total. The van der Waals surface area contributed by atoms with Gasteiger partial charge in [0.15, 0.2) is 6.10 Å². The third-order valence-corrected chi connectivity index (χ3v) is 5.49. The zero-order valence-corrected chi connectivity index (χ0v) is 15.0. The van der Waals surface area contributed by atoms with E-state index < -0.39 is 12.1 Å². The van der Waals surface area contributed by atoms with Gasteiger partial charge in [0, 0.05) is 23.2 Å². The first-order valence-corrected chi connectivity index (χ1v) is 9.49. The minimum atomic E-state index is -1.18. The minimum Gasteiger partial charge on any atom is -0.381 e. The third-order valence-electron chi connectivity index (χ3n) is 5.24. The van der Waals surface area contributed by atoms with E-state index in [9.17, 15) is 14.7 Å². The molecule has 0 aromatic heterocycles. The van der Waals surface area contributed by atoms with Crippen LogP contribution in [-0.2, 0) is 4.79 Å². The van der Waals surface area contributed by atoms with Gasteiger partial charge in [-0.05, 0) is 49.9 Å². The topological polar surface area (TPSA) is 69.6 Å². The molecule has 25 heavy (non-hydrogen) atoms. The van der Waals surface area contributed by atoms with Crippen molar-refractivity contribution in [2.75, 3.05) is 6.54 Å². The molecule has 1 saturated carbocycles. The molecule has 1 aliphatic carbocycles. The lowest BCUT2D eigenvalue weighted by atomic mass is 9.95. The Morgan fingerprint density at radius 1 is 1.08 bits per heavy atom. The molecule has 2 atom stereocenters. The fourth-order valence-electron chi connectivity index (χ4n) is 3.84. The van der Waals surface area contributed by atoms with Gasteiger partial charge in [-0.2, -0.15) is 0 Å². The summed E-state index contributed by atoms with van der Waals surface area (Å²) in [5, 5.41) is 14.1. The maximum absolute atomic E-state index is 12.7. The van der Waals surface area contributed by atoms with Gasteiger partial charge in [-0.25, -0.2) is 0 Å². The standard InChI is InChI=1S/C19H25ClN2O3/c20-14-10-8-13(9-11-14)19(25)22-12-4-7-16(22)17(23)18(24)21-15-5-2-1-3-6-15/h8-11,15-17,23H,1-7,12H2,(H,21,24)/t16-,17?/m0/s1. The number of hydrogen-bond acceptors (Lipinski definition) is 3. The highest BCUT2D eigenvalue weighted by Crippen LogP contribution is 2.24. The quantitative estimate of drug-likeness (QED) is 0.863. The van der Waals surface area contributed by atoms with Crippen molar-refractivity contribution < 1.29 is 14.7 Å². The smallest absolute Gasteiger partial charge is 0.254 e. The molecule has 6 heteroatoms. The Bertz CT molecular complexity index is 614. The van der Waals surface area contributed by atoms with Crippen LogP contribution in [0.25, 0.3) is 0 Å². The second-order valence-corrected chi connectivity index (χ2v) is 7.44. The van der Waals surface area contributed by atoms with Crippen LogP contribution in [0.4, 0.5) is 0 Å². The van der Waals surface area contributed by atoms with Gasteiger partial charge in [0.25, 0.3) is 11.8 Å². The highest BCUT2D eigenvalue weighted by atomic mass is 35.5. The van der Waals surface area contributed by atoms with Crippen molar-refractivity contribution in [2.24, 2.45) is 0 Å². The zero-order valence-electron chi connectivity index (χ0n) is 14.3. The Labute approximate surface area is 153 Å². The molecule has 1 aliphatic heterocycles. The Kier molecular flexibility index (Phi) is 5.97. The number of carbonyl (C=O) groups is 2. The van der Waals surface area contributed by atoms with Crippen molar-refractivity contribution in [1.29, 1.82) is 0 Å². The Hall–Kier alpha value is -1.59. The minimum absolute atomic E-state index is 0.151. The van der Waals surface area contributed by atoms with Crippen LogP contribution in [-0.4, -0.2) is 46.6 Å². The Morgan fingerprint density at radius 3 is 2.44 bits per heavy atom. The molecule has 136 valence electrons. The van der Waals surface area contributed by atoms with Gasteiger partial charge >= 0.3 is 0 Å². The maximum Gasteiger partial charge on any atom is 0.254 e. The summed E-state index contributed by atoms with van der Waals surface area (Å²) in [6, 6.07) is 6.38. The SMILES string of the molecule is O=C(NC1CCCCC1)C(O)[C@@H]1CCCN1C(=O)c1ccc(Cl)cc1. The number of rotatable bonds is 4. The predicted molar refractivity (Wildman–Crippen MR) is 96.5 cm³/mol. The monoisotopic (exact) mass is 364 g/mol. The first kappa shape index (κ1) is 18.2. The van der Waals surface area contributed by atoms with Crippen LogP contribution in [0, 0.1) is 0 Å². The number of carbonyl (C=O) groups excluding carboxylic acids is 2. The summed E-state index contributed by atoms with van der Waals surface area (Å²) < 4.78 is 0. The van der Waals surface area contributed by atoms with Crippen molar-refractivity contribution in [1.82, 2.24) is 10.2 Å². The van der Waals surface area contributed by atoms with Crippen LogP contribution in [0.3, 0.4) is 0 Å². The molecule has 2 N–H and O–H groups in total. The van der Waals surface area contributed by atoms with E-state index in [1.54, 1.807) is 29.2 Å². The van der Waals surface area contributed by atoms with Crippen LogP contribution >= 0.6 is 11.6 Å². The number of aliphatic hydroxyl groups is 1. The number of aliphatic hydroxyl groups excluding tert-OH is 1. The van der Waals surface area contributed by atoms with Gasteiger partial charge in [0.05, 0.1) is 6.04 Å². The number of nitrogens with zero attached hydrogens (tertiary/aromatic N) is 1. The molecule has 1 saturated heterocycles. The largest absolute Gasteiger partial charge is 0.381 e. The fraction of sp³-hybridized carbons (Fsp3) is 0.579. The molecule has 1 heterocycles. The highest BCUT2D eigenvalue weighted by Gasteiger charge is 2.38. The van der Waals surface area contributed by atoms with E-state index in [1.807, 2.05) is 0 Å². The molecule has 2 aliphatic rings. The average Bonchev–Trinajstić information content (AvgIpc) is 3.11. The molecular weight excluding hydrogens is 340 g/mol. The van der Waals surface area contributed by atoms with Crippen molar-refractivity contribution in [3.63, 3.8) is 0 Å². The average molecular weight is 365 g/mol. The van der Waals surface area contributed by atoms with E-state index in [2.05, 4.69) is 5.32 Å². The number of benzene rings is 1. The molecule has 2 fully saturated rings. The summed E-state index contributed by atoms with van der Waals surface area (Å²) in [5.41, 5.74) is 0.524. The molecule has 0 spiro atoms. The van der Waals surface area contributed by atoms with Crippen molar-refractivity contribution in [3.05, 3.63) is 34.9 Å². The maximum atomic E-state index is 12.7. The van der Waals surface area contributed by atoms with Crippen LogP contribution in [0.5, 0.6) is 0 Å². The molecule has 2 amide bonds. The van der Waals surface area contributed by atoms with E-state index in [-0.39, 0.29) is 17.9 Å². The predicted octanol–water partition coefficient (Wildman–Crippen LogP) is 2.75. The lowest BCUT2D eigenvalue weighted by Crippen LogP contribution is -2.52. The fourth-order valence-corrected chi connectivity index (χ4v) is 3.97. The van der Waals surface area contributed by atoms with E-state index >= 15 is 0 Å². The lowest BCUT2D eigenvalue weighted by molar-refractivity contribution is -0.132. The first-order chi connectivity index (χ1) is 12.1.